The molecule has 4 aromatic rings. The van der Waals surface area contributed by atoms with Gasteiger partial charge in [-0.25, -0.2) is 0 Å². The monoisotopic (exact) mass is 456 g/mol. The van der Waals surface area contributed by atoms with Gasteiger partial charge in [0.15, 0.2) is 0 Å². The van der Waals surface area contributed by atoms with Crippen LogP contribution in [0.25, 0.3) is 21.8 Å². The molecule has 0 saturated carbocycles. The Bertz CT molecular complexity index is 1310. The standard InChI is InChI=1S/C27H32N6O/c28-13-3-4-16-32(24-11-5-7-19-8-6-14-31-26(19)24)17-22-27-21(12-15-30-22)20-9-1-2-10-23(20)33(27)18-25(29)34/h1-2,6,8-10,12,14-15,24H,3-5,7,11,13,16-18,28H2,(H2,29,34). The Morgan fingerprint density at radius 2 is 1.94 bits per heavy atom. The molecule has 1 aliphatic rings. The molecule has 3 heterocycles. The topological polar surface area (TPSA) is 103 Å². The van der Waals surface area contributed by atoms with Crippen molar-refractivity contribution in [3.8, 4) is 0 Å². The van der Waals surface area contributed by atoms with Crippen LogP contribution >= 0.6 is 0 Å². The van der Waals surface area contributed by atoms with Gasteiger partial charge in [0.1, 0.15) is 6.54 Å². The lowest BCUT2D eigenvalue weighted by molar-refractivity contribution is -0.118. The number of unbranched alkanes of at least 4 members (excludes halogenated alkanes) is 1. The van der Waals surface area contributed by atoms with E-state index >= 15 is 0 Å². The molecule has 1 unspecified atom stereocenters. The average Bonchev–Trinajstić information content (AvgIpc) is 3.17. The first kappa shape index (κ1) is 22.5. The minimum absolute atomic E-state index is 0.129. The second kappa shape index (κ2) is 9.91. The van der Waals surface area contributed by atoms with Crippen molar-refractivity contribution in [3.63, 3.8) is 0 Å². The van der Waals surface area contributed by atoms with E-state index in [-0.39, 0.29) is 18.5 Å². The summed E-state index contributed by atoms with van der Waals surface area (Å²) in [6.07, 6.45) is 9.09. The largest absolute Gasteiger partial charge is 0.368 e. The van der Waals surface area contributed by atoms with Crippen molar-refractivity contribution in [1.82, 2.24) is 19.4 Å². The third kappa shape index (κ3) is 4.29. The summed E-state index contributed by atoms with van der Waals surface area (Å²) in [4.78, 5) is 24.1. The second-order valence-corrected chi connectivity index (χ2v) is 9.15. The number of aromatic nitrogens is 3. The van der Waals surface area contributed by atoms with E-state index < -0.39 is 0 Å². The molecule has 1 aromatic carbocycles. The number of fused-ring (bicyclic) bond motifs is 4. The van der Waals surface area contributed by atoms with Gasteiger partial charge in [-0.1, -0.05) is 24.3 Å². The number of pyridine rings is 2. The van der Waals surface area contributed by atoms with Crippen molar-refractivity contribution in [2.45, 2.75) is 51.2 Å². The summed E-state index contributed by atoms with van der Waals surface area (Å²) in [6, 6.07) is 14.7. The molecule has 0 spiro atoms. The minimum Gasteiger partial charge on any atom is -0.368 e. The van der Waals surface area contributed by atoms with E-state index in [0.29, 0.717) is 13.1 Å². The predicted molar refractivity (Wildman–Crippen MR) is 135 cm³/mol. The molecule has 176 valence electrons. The molecular weight excluding hydrogens is 424 g/mol. The lowest BCUT2D eigenvalue weighted by Crippen LogP contribution is -2.33. The van der Waals surface area contributed by atoms with Crippen molar-refractivity contribution in [1.29, 1.82) is 0 Å². The number of aryl methyl sites for hydroxylation is 1. The number of nitrogens with zero attached hydrogens (tertiary/aromatic N) is 4. The Kier molecular flexibility index (Phi) is 6.56. The van der Waals surface area contributed by atoms with Gasteiger partial charge in [0.05, 0.1) is 22.9 Å². The number of para-hydroxylation sites is 1. The van der Waals surface area contributed by atoms with Gasteiger partial charge in [-0.3, -0.25) is 19.7 Å². The molecule has 1 amide bonds. The fraction of sp³-hybridized carbons (Fsp3) is 0.370. The fourth-order valence-electron chi connectivity index (χ4n) is 5.45. The summed E-state index contributed by atoms with van der Waals surface area (Å²) in [6.45, 7) is 2.42. The van der Waals surface area contributed by atoms with E-state index in [1.807, 2.05) is 47.3 Å². The van der Waals surface area contributed by atoms with Crippen molar-refractivity contribution < 1.29 is 4.79 Å². The maximum atomic E-state index is 12.0. The first-order valence-electron chi connectivity index (χ1n) is 12.2. The van der Waals surface area contributed by atoms with Crippen LogP contribution in [0.15, 0.2) is 54.9 Å². The Hall–Kier alpha value is -3.29. The number of hydrogen-bond donors (Lipinski definition) is 2. The summed E-state index contributed by atoms with van der Waals surface area (Å²) in [7, 11) is 0. The number of rotatable bonds is 9. The van der Waals surface area contributed by atoms with E-state index in [1.54, 1.807) is 0 Å². The van der Waals surface area contributed by atoms with Gasteiger partial charge in [0.2, 0.25) is 5.91 Å². The highest BCUT2D eigenvalue weighted by atomic mass is 16.1. The fourth-order valence-corrected chi connectivity index (χ4v) is 5.45. The van der Waals surface area contributed by atoms with Gasteiger partial charge >= 0.3 is 0 Å². The van der Waals surface area contributed by atoms with Crippen molar-refractivity contribution in [2.75, 3.05) is 13.1 Å². The molecule has 7 nitrogen and oxygen atoms in total. The van der Waals surface area contributed by atoms with Gasteiger partial charge in [-0.05, 0) is 69.0 Å². The zero-order valence-corrected chi connectivity index (χ0v) is 19.5. The van der Waals surface area contributed by atoms with Crippen LogP contribution < -0.4 is 11.5 Å². The third-order valence-corrected chi connectivity index (χ3v) is 6.93. The molecule has 4 N–H and O–H groups in total. The summed E-state index contributed by atoms with van der Waals surface area (Å²) in [5, 5.41) is 2.22. The Morgan fingerprint density at radius 1 is 1.06 bits per heavy atom. The number of hydrogen-bond acceptors (Lipinski definition) is 5. The van der Waals surface area contributed by atoms with Gasteiger partial charge in [-0.2, -0.15) is 0 Å². The highest BCUT2D eigenvalue weighted by Gasteiger charge is 2.28. The van der Waals surface area contributed by atoms with Crippen LogP contribution in [-0.4, -0.2) is 38.4 Å². The first-order chi connectivity index (χ1) is 16.7. The van der Waals surface area contributed by atoms with Gasteiger partial charge in [0.25, 0.3) is 0 Å². The van der Waals surface area contributed by atoms with Crippen LogP contribution in [0, 0.1) is 0 Å². The van der Waals surface area contributed by atoms with Gasteiger partial charge in [0, 0.05) is 35.2 Å². The van der Waals surface area contributed by atoms with Crippen LogP contribution in [-0.2, 0) is 24.3 Å². The minimum atomic E-state index is -0.359. The van der Waals surface area contributed by atoms with E-state index in [2.05, 4.69) is 17.0 Å². The highest BCUT2D eigenvalue weighted by Crippen LogP contribution is 2.36. The number of carbonyl (C=O) groups excluding carboxylic acids is 1. The zero-order chi connectivity index (χ0) is 23.5. The van der Waals surface area contributed by atoms with Crippen molar-refractivity contribution >= 4 is 27.7 Å². The van der Waals surface area contributed by atoms with Crippen molar-refractivity contribution in [2.24, 2.45) is 11.5 Å². The molecule has 5 rings (SSSR count). The Labute approximate surface area is 199 Å². The number of benzene rings is 1. The zero-order valence-electron chi connectivity index (χ0n) is 19.5. The summed E-state index contributed by atoms with van der Waals surface area (Å²) in [5.41, 5.74) is 17.0. The molecule has 0 bridgehead atoms. The van der Waals surface area contributed by atoms with Crippen LogP contribution in [0.4, 0.5) is 0 Å². The van der Waals surface area contributed by atoms with Crippen molar-refractivity contribution in [3.05, 3.63) is 71.8 Å². The lowest BCUT2D eigenvalue weighted by Gasteiger charge is -2.35. The average molecular weight is 457 g/mol. The van der Waals surface area contributed by atoms with Gasteiger partial charge in [-0.15, -0.1) is 0 Å². The molecule has 1 aliphatic carbocycles. The smallest absolute Gasteiger partial charge is 0.237 e. The van der Waals surface area contributed by atoms with Crippen LogP contribution in [0.3, 0.4) is 0 Å². The number of carbonyl (C=O) groups is 1. The molecule has 0 radical (unpaired) electrons. The maximum Gasteiger partial charge on any atom is 0.237 e. The van der Waals surface area contributed by atoms with E-state index in [1.165, 1.54) is 11.3 Å². The molecule has 0 aliphatic heterocycles. The van der Waals surface area contributed by atoms with Crippen LogP contribution in [0.2, 0.25) is 0 Å². The number of primary amides is 1. The SMILES string of the molecule is NCCCCN(Cc1nccc2c3ccccc3n(CC(N)=O)c12)C1CCCc2cccnc21. The molecule has 3 aromatic heterocycles. The molecule has 1 atom stereocenters. The maximum absolute atomic E-state index is 12.0. The van der Waals surface area contributed by atoms with E-state index in [4.69, 9.17) is 21.4 Å². The lowest BCUT2D eigenvalue weighted by atomic mass is 9.90. The van der Waals surface area contributed by atoms with Gasteiger partial charge < -0.3 is 16.0 Å². The molecule has 7 heteroatoms. The van der Waals surface area contributed by atoms with Crippen LogP contribution in [0.1, 0.15) is 48.7 Å². The Morgan fingerprint density at radius 3 is 2.79 bits per heavy atom. The highest BCUT2D eigenvalue weighted by molar-refractivity contribution is 6.09. The van der Waals surface area contributed by atoms with E-state index in [9.17, 15) is 4.79 Å². The Balaban J connectivity index is 1.60. The van der Waals surface area contributed by atoms with E-state index in [0.717, 1.165) is 66.1 Å². The molecular formula is C27H32N6O. The quantitative estimate of drug-likeness (QED) is 0.374. The second-order valence-electron chi connectivity index (χ2n) is 9.15. The first-order valence-corrected chi connectivity index (χ1v) is 12.2. The molecule has 0 fully saturated rings. The summed E-state index contributed by atoms with van der Waals surface area (Å²) < 4.78 is 2.03. The third-order valence-electron chi connectivity index (χ3n) is 6.93. The number of nitrogens with two attached hydrogens (primary N) is 2. The summed E-state index contributed by atoms with van der Waals surface area (Å²) >= 11 is 0. The van der Waals surface area contributed by atoms with Crippen LogP contribution in [0.5, 0.6) is 0 Å². The summed E-state index contributed by atoms with van der Waals surface area (Å²) in [5.74, 6) is -0.359. The molecule has 34 heavy (non-hydrogen) atoms. The number of amides is 1. The normalized spacial score (nSPS) is 15.8. The molecule has 0 saturated heterocycles. The predicted octanol–water partition coefficient (Wildman–Crippen LogP) is 3.69.